The summed E-state index contributed by atoms with van der Waals surface area (Å²) in [6.45, 7) is 3.76. The van der Waals surface area contributed by atoms with Crippen molar-refractivity contribution in [1.29, 1.82) is 0 Å². The summed E-state index contributed by atoms with van der Waals surface area (Å²) in [6.07, 6.45) is 3.04. The lowest BCUT2D eigenvalue weighted by Crippen LogP contribution is -2.43. The first kappa shape index (κ1) is 14.4. The molecule has 1 aromatic heterocycles. The summed E-state index contributed by atoms with van der Waals surface area (Å²) in [4.78, 5) is 22.6. The largest absolute Gasteiger partial charge is 0.476 e. The van der Waals surface area contributed by atoms with Crippen LogP contribution in [-0.2, 0) is 11.3 Å². The minimum absolute atomic E-state index is 0.0524. The lowest BCUT2D eigenvalue weighted by atomic mass is 9.92. The van der Waals surface area contributed by atoms with Crippen molar-refractivity contribution in [3.05, 3.63) is 11.9 Å². The molecule has 0 saturated carbocycles. The van der Waals surface area contributed by atoms with Crippen molar-refractivity contribution in [1.82, 2.24) is 25.6 Å². The van der Waals surface area contributed by atoms with Crippen molar-refractivity contribution in [2.24, 2.45) is 5.92 Å². The predicted octanol–water partition coefficient (Wildman–Crippen LogP) is -0.519. The van der Waals surface area contributed by atoms with E-state index < -0.39 is 5.97 Å². The molecule has 2 atom stereocenters. The van der Waals surface area contributed by atoms with E-state index in [0.717, 1.165) is 19.4 Å². The summed E-state index contributed by atoms with van der Waals surface area (Å²) in [6, 6.07) is 0.368. The maximum absolute atomic E-state index is 12.0. The smallest absolute Gasteiger partial charge is 0.358 e. The topological polar surface area (TPSA) is 109 Å². The molecular formula is C12H19N5O3. The first-order chi connectivity index (χ1) is 9.56. The summed E-state index contributed by atoms with van der Waals surface area (Å²) in [5.74, 6) is -1.00. The van der Waals surface area contributed by atoms with Crippen LogP contribution in [0, 0.1) is 5.92 Å². The second-order valence-electron chi connectivity index (χ2n) is 5.04. The number of nitrogens with zero attached hydrogens (tertiary/aromatic N) is 3. The van der Waals surface area contributed by atoms with Gasteiger partial charge in [0.2, 0.25) is 5.91 Å². The Bertz CT molecular complexity index is 487. The van der Waals surface area contributed by atoms with Gasteiger partial charge in [-0.3, -0.25) is 4.79 Å². The van der Waals surface area contributed by atoms with Gasteiger partial charge in [-0.25, -0.2) is 9.48 Å². The maximum atomic E-state index is 12.0. The Kier molecular flexibility index (Phi) is 4.67. The molecule has 1 saturated heterocycles. The fourth-order valence-electron chi connectivity index (χ4n) is 2.31. The molecule has 0 aromatic carbocycles. The number of aromatic nitrogens is 3. The van der Waals surface area contributed by atoms with Gasteiger partial charge in [-0.2, -0.15) is 0 Å². The van der Waals surface area contributed by atoms with E-state index >= 15 is 0 Å². The van der Waals surface area contributed by atoms with Crippen LogP contribution >= 0.6 is 0 Å². The summed E-state index contributed by atoms with van der Waals surface area (Å²) in [7, 11) is 0. The van der Waals surface area contributed by atoms with Gasteiger partial charge in [0.15, 0.2) is 5.69 Å². The zero-order valence-electron chi connectivity index (χ0n) is 11.4. The third-order valence-corrected chi connectivity index (χ3v) is 3.39. The van der Waals surface area contributed by atoms with Crippen LogP contribution in [0.1, 0.15) is 30.3 Å². The standard InChI is InChI=1S/C12H19N5O3/c1-8-6-9(2-3-13-8)11(18)14-4-5-17-7-10(12(19)20)15-16-17/h7-9,13H,2-6H2,1H3,(H,14,18)(H,19,20). The number of amides is 1. The van der Waals surface area contributed by atoms with Crippen molar-refractivity contribution >= 4 is 11.9 Å². The van der Waals surface area contributed by atoms with E-state index in [1.165, 1.54) is 10.9 Å². The number of carbonyl (C=O) groups excluding carboxylic acids is 1. The second kappa shape index (κ2) is 6.47. The Balaban J connectivity index is 1.74. The van der Waals surface area contributed by atoms with Gasteiger partial charge in [-0.05, 0) is 26.3 Å². The number of nitrogens with one attached hydrogen (secondary N) is 2. The van der Waals surface area contributed by atoms with E-state index in [0.29, 0.717) is 19.1 Å². The minimum Gasteiger partial charge on any atom is -0.476 e. The highest BCUT2D eigenvalue weighted by Gasteiger charge is 2.24. The molecule has 2 unspecified atom stereocenters. The van der Waals surface area contributed by atoms with Crippen molar-refractivity contribution in [2.75, 3.05) is 13.1 Å². The molecule has 1 amide bonds. The fourth-order valence-corrected chi connectivity index (χ4v) is 2.31. The molecule has 1 aliphatic heterocycles. The van der Waals surface area contributed by atoms with E-state index in [1.54, 1.807) is 0 Å². The molecular weight excluding hydrogens is 262 g/mol. The molecule has 3 N–H and O–H groups in total. The monoisotopic (exact) mass is 281 g/mol. The van der Waals surface area contributed by atoms with Gasteiger partial charge in [0.25, 0.3) is 0 Å². The molecule has 2 heterocycles. The number of hydrogen-bond donors (Lipinski definition) is 3. The van der Waals surface area contributed by atoms with Crippen LogP contribution in [0.3, 0.4) is 0 Å². The maximum Gasteiger partial charge on any atom is 0.358 e. The van der Waals surface area contributed by atoms with Crippen LogP contribution in [0.4, 0.5) is 0 Å². The molecule has 0 bridgehead atoms. The number of carbonyl (C=O) groups is 2. The van der Waals surface area contributed by atoms with Gasteiger partial charge in [-0.15, -0.1) is 5.10 Å². The lowest BCUT2D eigenvalue weighted by molar-refractivity contribution is -0.126. The predicted molar refractivity (Wildman–Crippen MR) is 70.2 cm³/mol. The van der Waals surface area contributed by atoms with Crippen molar-refractivity contribution in [3.8, 4) is 0 Å². The summed E-state index contributed by atoms with van der Waals surface area (Å²) in [5, 5.41) is 22.1. The Morgan fingerprint density at radius 1 is 1.60 bits per heavy atom. The zero-order valence-corrected chi connectivity index (χ0v) is 11.4. The SMILES string of the molecule is CC1CC(C(=O)NCCn2cc(C(=O)O)nn2)CCN1. The highest BCUT2D eigenvalue weighted by Crippen LogP contribution is 2.15. The summed E-state index contributed by atoms with van der Waals surface area (Å²) < 4.78 is 1.41. The van der Waals surface area contributed by atoms with Gasteiger partial charge >= 0.3 is 5.97 Å². The second-order valence-corrected chi connectivity index (χ2v) is 5.04. The number of piperidine rings is 1. The first-order valence-corrected chi connectivity index (χ1v) is 6.71. The van der Waals surface area contributed by atoms with E-state index in [2.05, 4.69) is 27.9 Å². The molecule has 1 fully saturated rings. The molecule has 20 heavy (non-hydrogen) atoms. The Morgan fingerprint density at radius 2 is 2.40 bits per heavy atom. The molecule has 0 spiro atoms. The molecule has 1 aromatic rings. The Hall–Kier alpha value is -1.96. The third-order valence-electron chi connectivity index (χ3n) is 3.39. The molecule has 110 valence electrons. The van der Waals surface area contributed by atoms with Crippen molar-refractivity contribution in [2.45, 2.75) is 32.4 Å². The first-order valence-electron chi connectivity index (χ1n) is 6.71. The number of carboxylic acid groups (broad SMARTS) is 1. The summed E-state index contributed by atoms with van der Waals surface area (Å²) >= 11 is 0. The lowest BCUT2D eigenvalue weighted by Gasteiger charge is -2.27. The normalized spacial score (nSPS) is 22.4. The number of carboxylic acids is 1. The van der Waals surface area contributed by atoms with Gasteiger partial charge in [0.05, 0.1) is 12.7 Å². The van der Waals surface area contributed by atoms with Crippen molar-refractivity contribution in [3.63, 3.8) is 0 Å². The van der Waals surface area contributed by atoms with Crippen molar-refractivity contribution < 1.29 is 14.7 Å². The molecule has 1 aliphatic rings. The summed E-state index contributed by atoms with van der Waals surface area (Å²) in [5.41, 5.74) is -0.0940. The van der Waals surface area contributed by atoms with Crippen LogP contribution in [0.15, 0.2) is 6.20 Å². The number of aromatic carboxylic acids is 1. The highest BCUT2D eigenvalue weighted by molar-refractivity contribution is 5.84. The van der Waals surface area contributed by atoms with Crippen LogP contribution in [0.25, 0.3) is 0 Å². The Labute approximate surface area is 116 Å². The molecule has 2 rings (SSSR count). The Morgan fingerprint density at radius 3 is 3.05 bits per heavy atom. The molecule has 0 aliphatic carbocycles. The van der Waals surface area contributed by atoms with E-state index in [-0.39, 0.29) is 17.5 Å². The van der Waals surface area contributed by atoms with E-state index in [9.17, 15) is 9.59 Å². The number of hydrogen-bond acceptors (Lipinski definition) is 5. The minimum atomic E-state index is -1.11. The molecule has 8 nitrogen and oxygen atoms in total. The third kappa shape index (κ3) is 3.77. The van der Waals surface area contributed by atoms with Crippen LogP contribution < -0.4 is 10.6 Å². The quantitative estimate of drug-likeness (QED) is 0.670. The van der Waals surface area contributed by atoms with Gasteiger partial charge in [0.1, 0.15) is 0 Å². The average molecular weight is 281 g/mol. The van der Waals surface area contributed by atoms with Gasteiger partial charge < -0.3 is 15.7 Å². The molecule has 8 heteroatoms. The number of rotatable bonds is 5. The van der Waals surface area contributed by atoms with E-state index in [4.69, 9.17) is 5.11 Å². The van der Waals surface area contributed by atoms with Crippen LogP contribution in [-0.4, -0.2) is 51.1 Å². The molecule has 0 radical (unpaired) electrons. The zero-order chi connectivity index (χ0) is 14.5. The van der Waals surface area contributed by atoms with Gasteiger partial charge in [-0.1, -0.05) is 5.21 Å². The average Bonchev–Trinajstić information content (AvgIpc) is 2.87. The van der Waals surface area contributed by atoms with Gasteiger partial charge in [0, 0.05) is 18.5 Å². The van der Waals surface area contributed by atoms with Crippen LogP contribution in [0.5, 0.6) is 0 Å². The fraction of sp³-hybridized carbons (Fsp3) is 0.667. The highest BCUT2D eigenvalue weighted by atomic mass is 16.4. The van der Waals surface area contributed by atoms with E-state index in [1.807, 2.05) is 0 Å². The van der Waals surface area contributed by atoms with Crippen LogP contribution in [0.2, 0.25) is 0 Å².